The molecular formula is C16H14ClN3O4S2. The molecule has 0 aliphatic heterocycles. The van der Waals surface area contributed by atoms with Crippen molar-refractivity contribution in [1.29, 1.82) is 0 Å². The van der Waals surface area contributed by atoms with Gasteiger partial charge in [-0.2, -0.15) is 4.99 Å². The van der Waals surface area contributed by atoms with E-state index in [9.17, 15) is 13.2 Å². The second-order valence-electron chi connectivity index (χ2n) is 5.15. The summed E-state index contributed by atoms with van der Waals surface area (Å²) in [6, 6.07) is 9.89. The van der Waals surface area contributed by atoms with Crippen LogP contribution < -0.4 is 9.52 Å². The average Bonchev–Trinajstić information content (AvgIpc) is 3.27. The third-order valence-corrected chi connectivity index (χ3v) is 5.93. The molecule has 1 amide bonds. The molecule has 1 aromatic carbocycles. The van der Waals surface area contributed by atoms with Gasteiger partial charge in [0.15, 0.2) is 10.6 Å². The Kier molecular flexibility index (Phi) is 5.42. The van der Waals surface area contributed by atoms with Crippen molar-refractivity contribution < 1.29 is 17.6 Å². The average molecular weight is 412 g/mol. The van der Waals surface area contributed by atoms with Crippen molar-refractivity contribution >= 4 is 38.9 Å². The van der Waals surface area contributed by atoms with Crippen LogP contribution >= 0.6 is 22.9 Å². The molecule has 0 aliphatic rings. The van der Waals surface area contributed by atoms with Gasteiger partial charge in [0.05, 0.1) is 6.54 Å². The van der Waals surface area contributed by atoms with Gasteiger partial charge >= 0.3 is 5.91 Å². The van der Waals surface area contributed by atoms with E-state index in [1.54, 1.807) is 22.2 Å². The maximum atomic E-state index is 12.3. The summed E-state index contributed by atoms with van der Waals surface area (Å²) in [5.74, 6) is -0.825. The van der Waals surface area contributed by atoms with Crippen LogP contribution in [0.3, 0.4) is 0 Å². The molecule has 0 bridgehead atoms. The Balaban J connectivity index is 1.89. The van der Waals surface area contributed by atoms with E-state index in [2.05, 4.69) is 9.71 Å². The zero-order chi connectivity index (χ0) is 18.7. The summed E-state index contributed by atoms with van der Waals surface area (Å²) in [4.78, 5) is 16.8. The van der Waals surface area contributed by atoms with Gasteiger partial charge in [-0.1, -0.05) is 29.8 Å². The predicted octanol–water partition coefficient (Wildman–Crippen LogP) is 2.49. The van der Waals surface area contributed by atoms with Gasteiger partial charge in [0.1, 0.15) is 0 Å². The van der Waals surface area contributed by atoms with Gasteiger partial charge in [-0.25, -0.2) is 13.1 Å². The van der Waals surface area contributed by atoms with E-state index in [1.165, 1.54) is 30.5 Å². The van der Waals surface area contributed by atoms with Crippen molar-refractivity contribution in [1.82, 2.24) is 9.29 Å². The number of thiazole rings is 1. The Morgan fingerprint density at radius 3 is 2.81 bits per heavy atom. The molecule has 0 radical (unpaired) electrons. The van der Waals surface area contributed by atoms with Crippen molar-refractivity contribution in [2.75, 3.05) is 7.05 Å². The molecule has 3 aromatic rings. The lowest BCUT2D eigenvalue weighted by Crippen LogP contribution is -2.18. The van der Waals surface area contributed by atoms with Crippen LogP contribution in [0.4, 0.5) is 0 Å². The number of carbonyl (C=O) groups is 1. The van der Waals surface area contributed by atoms with Gasteiger partial charge in [0.25, 0.3) is 10.0 Å². The third kappa shape index (κ3) is 3.96. The quantitative estimate of drug-likeness (QED) is 0.697. The van der Waals surface area contributed by atoms with Crippen molar-refractivity contribution in [3.05, 3.63) is 69.1 Å². The van der Waals surface area contributed by atoms with Crippen molar-refractivity contribution in [2.24, 2.45) is 4.99 Å². The van der Waals surface area contributed by atoms with E-state index >= 15 is 0 Å². The molecular weight excluding hydrogens is 398 g/mol. The molecule has 0 fully saturated rings. The van der Waals surface area contributed by atoms with Crippen LogP contribution in [0, 0.1) is 0 Å². The van der Waals surface area contributed by atoms with Crippen LogP contribution in [0.5, 0.6) is 0 Å². The number of benzene rings is 1. The topological polar surface area (TPSA) is 93.7 Å². The lowest BCUT2D eigenvalue weighted by molar-refractivity contribution is 0.0966. The number of aromatic nitrogens is 1. The molecule has 10 heteroatoms. The number of hydrogen-bond donors (Lipinski definition) is 1. The summed E-state index contributed by atoms with van der Waals surface area (Å²) in [7, 11) is -2.50. The predicted molar refractivity (Wildman–Crippen MR) is 97.7 cm³/mol. The van der Waals surface area contributed by atoms with Gasteiger partial charge in [0, 0.05) is 16.6 Å². The molecule has 0 spiro atoms. The molecule has 3 rings (SSSR count). The Morgan fingerprint density at radius 2 is 2.08 bits per heavy atom. The summed E-state index contributed by atoms with van der Waals surface area (Å²) in [6.07, 6.45) is 1.79. The normalized spacial score (nSPS) is 12.5. The van der Waals surface area contributed by atoms with Gasteiger partial charge in [-0.05, 0) is 30.8 Å². The highest BCUT2D eigenvalue weighted by Gasteiger charge is 2.19. The Bertz CT molecular complexity index is 1110. The fraction of sp³-hybridized carbons (Fsp3) is 0.125. The lowest BCUT2D eigenvalue weighted by Gasteiger charge is -2.05. The first-order chi connectivity index (χ1) is 12.4. The van der Waals surface area contributed by atoms with Crippen LogP contribution in [0.15, 0.2) is 62.5 Å². The summed E-state index contributed by atoms with van der Waals surface area (Å²) in [5, 5.41) is 2.08. The molecule has 136 valence electrons. The number of halogens is 1. The molecule has 26 heavy (non-hydrogen) atoms. The largest absolute Gasteiger partial charge is 0.438 e. The fourth-order valence-corrected chi connectivity index (χ4v) is 3.71. The Morgan fingerprint density at radius 1 is 1.31 bits per heavy atom. The molecule has 1 N–H and O–H groups in total. The van der Waals surface area contributed by atoms with E-state index in [0.717, 1.165) is 5.56 Å². The van der Waals surface area contributed by atoms with Crippen LogP contribution in [0.2, 0.25) is 5.02 Å². The molecule has 0 unspecified atom stereocenters. The standard InChI is InChI=1S/C16H14ClN3O4S2/c1-18-26(22,23)14-7-6-13(24-14)15(21)19-16-20(8-9-25-16)10-11-4-2-3-5-12(11)17/h2-9,18H,10H2,1H3. The number of furan rings is 1. The lowest BCUT2D eigenvalue weighted by atomic mass is 10.2. The zero-order valence-electron chi connectivity index (χ0n) is 13.5. The molecule has 7 nitrogen and oxygen atoms in total. The van der Waals surface area contributed by atoms with Crippen molar-refractivity contribution in [2.45, 2.75) is 11.6 Å². The monoisotopic (exact) mass is 411 g/mol. The molecule has 0 aliphatic carbocycles. The minimum absolute atomic E-state index is 0.156. The third-order valence-electron chi connectivity index (χ3n) is 3.48. The first-order valence-electron chi connectivity index (χ1n) is 7.40. The highest BCUT2D eigenvalue weighted by molar-refractivity contribution is 7.89. The number of rotatable bonds is 5. The fourth-order valence-electron chi connectivity index (χ4n) is 2.14. The first-order valence-corrected chi connectivity index (χ1v) is 10.1. The highest BCUT2D eigenvalue weighted by atomic mass is 35.5. The van der Waals surface area contributed by atoms with Gasteiger partial charge < -0.3 is 8.98 Å². The van der Waals surface area contributed by atoms with E-state index in [4.69, 9.17) is 16.0 Å². The van der Waals surface area contributed by atoms with Gasteiger partial charge in [-0.15, -0.1) is 11.3 Å². The van der Waals surface area contributed by atoms with E-state index in [1.807, 2.05) is 18.2 Å². The van der Waals surface area contributed by atoms with Gasteiger partial charge in [0.2, 0.25) is 5.09 Å². The minimum atomic E-state index is -3.75. The van der Waals surface area contributed by atoms with E-state index in [0.29, 0.717) is 16.4 Å². The maximum absolute atomic E-state index is 12.3. The second kappa shape index (κ2) is 7.58. The molecule has 0 atom stereocenters. The molecule has 0 saturated carbocycles. The SMILES string of the molecule is CNS(=O)(=O)c1ccc(C(=O)N=c2sccn2Cc2ccccc2Cl)o1. The van der Waals surface area contributed by atoms with Crippen LogP contribution in [-0.2, 0) is 16.6 Å². The minimum Gasteiger partial charge on any atom is -0.438 e. The smallest absolute Gasteiger partial charge is 0.315 e. The zero-order valence-corrected chi connectivity index (χ0v) is 15.9. The van der Waals surface area contributed by atoms with Crippen LogP contribution in [0.1, 0.15) is 16.1 Å². The summed E-state index contributed by atoms with van der Waals surface area (Å²) in [6.45, 7) is 0.451. The second-order valence-corrected chi connectivity index (χ2v) is 8.25. The van der Waals surface area contributed by atoms with E-state index in [-0.39, 0.29) is 10.9 Å². The summed E-state index contributed by atoms with van der Waals surface area (Å²) in [5.41, 5.74) is 0.891. The highest BCUT2D eigenvalue weighted by Crippen LogP contribution is 2.16. The van der Waals surface area contributed by atoms with Crippen LogP contribution in [0.25, 0.3) is 0 Å². The Hall–Kier alpha value is -2.20. The van der Waals surface area contributed by atoms with Gasteiger partial charge in [-0.3, -0.25) is 4.79 Å². The number of carbonyl (C=O) groups excluding carboxylic acids is 1. The number of sulfonamides is 1. The molecule has 2 heterocycles. The molecule has 2 aromatic heterocycles. The maximum Gasteiger partial charge on any atom is 0.315 e. The van der Waals surface area contributed by atoms with E-state index < -0.39 is 15.9 Å². The number of amides is 1. The number of hydrogen-bond acceptors (Lipinski definition) is 5. The van der Waals surface area contributed by atoms with Crippen molar-refractivity contribution in [3.8, 4) is 0 Å². The molecule has 0 saturated heterocycles. The summed E-state index contributed by atoms with van der Waals surface area (Å²) < 4.78 is 32.4. The number of nitrogens with one attached hydrogen (secondary N) is 1. The van der Waals surface area contributed by atoms with Crippen molar-refractivity contribution in [3.63, 3.8) is 0 Å². The van der Waals surface area contributed by atoms with Crippen LogP contribution in [-0.4, -0.2) is 25.9 Å². The first kappa shape index (κ1) is 18.6. The summed E-state index contributed by atoms with van der Waals surface area (Å²) >= 11 is 7.44. The Labute approximate surface area is 158 Å². The number of nitrogens with zero attached hydrogens (tertiary/aromatic N) is 2.